The first-order valence-electron chi connectivity index (χ1n) is 10.9. The maximum Gasteiger partial charge on any atom is 0.294 e. The third kappa shape index (κ3) is 4.38. The van der Waals surface area contributed by atoms with Gasteiger partial charge < -0.3 is 10.2 Å². The lowest BCUT2D eigenvalue weighted by Gasteiger charge is -2.34. The lowest BCUT2D eigenvalue weighted by molar-refractivity contribution is 0.0593. The van der Waals surface area contributed by atoms with Gasteiger partial charge in [-0.2, -0.15) is 5.10 Å². The van der Waals surface area contributed by atoms with Crippen molar-refractivity contribution in [2.75, 3.05) is 11.9 Å². The zero-order chi connectivity index (χ0) is 22.6. The van der Waals surface area contributed by atoms with Crippen molar-refractivity contribution in [3.8, 4) is 5.69 Å². The molecular weight excluding hydrogens is 418 g/mol. The molecule has 0 spiro atoms. The number of hydrogen-bond donors (Lipinski definition) is 2. The predicted molar refractivity (Wildman–Crippen MR) is 122 cm³/mol. The van der Waals surface area contributed by atoms with E-state index in [1.807, 2.05) is 48.5 Å². The fraction of sp³-hybridized carbons (Fsp3) is 0.208. The molecule has 4 aromatic rings. The quantitative estimate of drug-likeness (QED) is 0.492. The van der Waals surface area contributed by atoms with Gasteiger partial charge in [-0.05, 0) is 43.5 Å². The highest BCUT2D eigenvalue weighted by atomic mass is 16.2. The number of aromatic nitrogens is 5. The van der Waals surface area contributed by atoms with Crippen LogP contribution < -0.4 is 5.32 Å². The molecule has 1 aliphatic rings. The average molecular weight is 441 g/mol. The van der Waals surface area contributed by atoms with Crippen molar-refractivity contribution in [1.82, 2.24) is 29.9 Å². The molecule has 0 radical (unpaired) electrons. The molecule has 1 atom stereocenters. The van der Waals surface area contributed by atoms with E-state index in [0.717, 1.165) is 30.6 Å². The zero-order valence-corrected chi connectivity index (χ0v) is 17.9. The van der Waals surface area contributed by atoms with Crippen LogP contribution in [0, 0.1) is 0 Å². The van der Waals surface area contributed by atoms with Crippen molar-refractivity contribution < 1.29 is 9.59 Å². The summed E-state index contributed by atoms with van der Waals surface area (Å²) in [5, 5.41) is 14.4. The fourth-order valence-corrected chi connectivity index (χ4v) is 4.04. The Hall–Kier alpha value is -4.27. The predicted octanol–water partition coefficient (Wildman–Crippen LogP) is 3.61. The number of rotatable bonds is 5. The highest BCUT2D eigenvalue weighted by Crippen LogP contribution is 2.31. The van der Waals surface area contributed by atoms with E-state index in [1.165, 1.54) is 0 Å². The van der Waals surface area contributed by atoms with Crippen LogP contribution in [0.4, 0.5) is 5.82 Å². The molecule has 0 aliphatic carbocycles. The van der Waals surface area contributed by atoms with E-state index in [-0.39, 0.29) is 23.7 Å². The van der Waals surface area contributed by atoms with Gasteiger partial charge in [0.15, 0.2) is 5.82 Å². The van der Waals surface area contributed by atoms with Gasteiger partial charge in [-0.1, -0.05) is 36.4 Å². The fourth-order valence-electron chi connectivity index (χ4n) is 4.04. The highest BCUT2D eigenvalue weighted by molar-refractivity contribution is 6.03. The smallest absolute Gasteiger partial charge is 0.294 e. The number of piperidine rings is 1. The molecule has 33 heavy (non-hydrogen) atoms. The third-order valence-electron chi connectivity index (χ3n) is 5.70. The van der Waals surface area contributed by atoms with Crippen LogP contribution in [-0.4, -0.2) is 48.2 Å². The second kappa shape index (κ2) is 9.07. The molecule has 9 heteroatoms. The Morgan fingerprint density at radius 2 is 1.76 bits per heavy atom. The molecule has 9 nitrogen and oxygen atoms in total. The number of carbonyl (C=O) groups excluding carboxylic acids is 2. The highest BCUT2D eigenvalue weighted by Gasteiger charge is 2.32. The van der Waals surface area contributed by atoms with Crippen molar-refractivity contribution in [1.29, 1.82) is 0 Å². The maximum atomic E-state index is 13.3. The summed E-state index contributed by atoms with van der Waals surface area (Å²) in [5.74, 6) is 0.117. The average Bonchev–Trinajstić information content (AvgIpc) is 3.55. The summed E-state index contributed by atoms with van der Waals surface area (Å²) in [5.41, 5.74) is 2.16. The minimum absolute atomic E-state index is 0.155. The second-order valence-corrected chi connectivity index (χ2v) is 7.89. The zero-order valence-electron chi connectivity index (χ0n) is 17.9. The number of likely N-dealkylation sites (tertiary alicyclic amines) is 1. The van der Waals surface area contributed by atoms with Crippen molar-refractivity contribution >= 4 is 17.6 Å². The molecule has 1 saturated heterocycles. The molecule has 2 aromatic carbocycles. The first-order valence-corrected chi connectivity index (χ1v) is 10.9. The molecule has 2 N–H and O–H groups in total. The first kappa shape index (κ1) is 20.6. The first-order chi connectivity index (χ1) is 16.2. The van der Waals surface area contributed by atoms with Gasteiger partial charge in [0.25, 0.3) is 11.8 Å². The lowest BCUT2D eigenvalue weighted by atomic mass is 9.99. The number of nitrogens with one attached hydrogen (secondary N) is 2. The van der Waals surface area contributed by atoms with Crippen molar-refractivity contribution in [2.45, 2.75) is 25.3 Å². The van der Waals surface area contributed by atoms with E-state index in [1.54, 1.807) is 34.1 Å². The Kier molecular flexibility index (Phi) is 5.67. The molecule has 2 amide bonds. The van der Waals surface area contributed by atoms with Gasteiger partial charge in [0.05, 0.1) is 17.4 Å². The lowest BCUT2D eigenvalue weighted by Crippen LogP contribution is -2.39. The number of para-hydroxylation sites is 1. The molecule has 166 valence electrons. The van der Waals surface area contributed by atoms with Gasteiger partial charge >= 0.3 is 0 Å². The summed E-state index contributed by atoms with van der Waals surface area (Å²) in [6, 6.07) is 20.1. The van der Waals surface area contributed by atoms with Crippen molar-refractivity contribution in [3.63, 3.8) is 0 Å². The molecule has 5 rings (SSSR count). The van der Waals surface area contributed by atoms with Crippen LogP contribution in [0.2, 0.25) is 0 Å². The van der Waals surface area contributed by atoms with E-state index in [0.29, 0.717) is 17.9 Å². The van der Waals surface area contributed by atoms with Crippen LogP contribution in [0.1, 0.15) is 52.0 Å². The van der Waals surface area contributed by atoms with Gasteiger partial charge in [-0.3, -0.25) is 14.7 Å². The number of amides is 2. The third-order valence-corrected chi connectivity index (χ3v) is 5.70. The summed E-state index contributed by atoms with van der Waals surface area (Å²) in [7, 11) is 0. The van der Waals surface area contributed by atoms with E-state index in [9.17, 15) is 9.59 Å². The topological polar surface area (TPSA) is 109 Å². The summed E-state index contributed by atoms with van der Waals surface area (Å²) < 4.78 is 1.60. The number of anilines is 1. The summed E-state index contributed by atoms with van der Waals surface area (Å²) in [6.45, 7) is 0.605. The van der Waals surface area contributed by atoms with Gasteiger partial charge in [0.2, 0.25) is 5.82 Å². The van der Waals surface area contributed by atoms with Crippen LogP contribution in [0.25, 0.3) is 5.69 Å². The number of H-pyrrole nitrogens is 1. The van der Waals surface area contributed by atoms with Crippen molar-refractivity contribution in [3.05, 3.63) is 90.1 Å². The number of benzene rings is 2. The number of nitrogens with zero attached hydrogens (tertiary/aromatic N) is 5. The minimum atomic E-state index is -0.235. The number of hydrogen-bond acceptors (Lipinski definition) is 5. The Morgan fingerprint density at radius 3 is 2.55 bits per heavy atom. The standard InChI is InChI=1S/C24H23N7O2/c32-23(17-9-3-1-4-10-17)26-21-15-19(27-28-21)20-13-7-8-14-30(20)24(33)22-25-16-31(29-22)18-11-5-2-6-12-18/h1-6,9-12,15-16,20H,7-8,13-14H2,(H2,26,27,28,32). The summed E-state index contributed by atoms with van der Waals surface area (Å²) in [4.78, 5) is 31.7. The molecule has 1 fully saturated rings. The normalized spacial score (nSPS) is 15.9. The van der Waals surface area contributed by atoms with Crippen LogP contribution >= 0.6 is 0 Å². The number of carbonyl (C=O) groups is 2. The maximum absolute atomic E-state index is 13.3. The molecule has 1 unspecified atom stereocenters. The van der Waals surface area contributed by atoms with Gasteiger partial charge in [-0.25, -0.2) is 9.67 Å². The van der Waals surface area contributed by atoms with E-state index in [4.69, 9.17) is 0 Å². The molecule has 2 aromatic heterocycles. The van der Waals surface area contributed by atoms with Crippen LogP contribution in [0.15, 0.2) is 73.1 Å². The molecule has 1 aliphatic heterocycles. The molecular formula is C24H23N7O2. The molecule has 3 heterocycles. The van der Waals surface area contributed by atoms with Gasteiger partial charge in [0.1, 0.15) is 6.33 Å². The second-order valence-electron chi connectivity index (χ2n) is 7.89. The van der Waals surface area contributed by atoms with Crippen LogP contribution in [-0.2, 0) is 0 Å². The summed E-state index contributed by atoms with van der Waals surface area (Å²) in [6.07, 6.45) is 4.24. The van der Waals surface area contributed by atoms with E-state index >= 15 is 0 Å². The molecule has 0 saturated carbocycles. The monoisotopic (exact) mass is 441 g/mol. The van der Waals surface area contributed by atoms with E-state index in [2.05, 4.69) is 25.6 Å². The van der Waals surface area contributed by atoms with Gasteiger partial charge in [-0.15, -0.1) is 5.10 Å². The largest absolute Gasteiger partial charge is 0.327 e. The Morgan fingerprint density at radius 1 is 1.00 bits per heavy atom. The van der Waals surface area contributed by atoms with Gasteiger partial charge in [0, 0.05) is 18.2 Å². The summed E-state index contributed by atoms with van der Waals surface area (Å²) >= 11 is 0. The van der Waals surface area contributed by atoms with Crippen molar-refractivity contribution in [2.24, 2.45) is 0 Å². The minimum Gasteiger partial charge on any atom is -0.327 e. The number of aromatic amines is 1. The Labute approximate surface area is 190 Å². The van der Waals surface area contributed by atoms with Crippen LogP contribution in [0.5, 0.6) is 0 Å². The van der Waals surface area contributed by atoms with E-state index < -0.39 is 0 Å². The Balaban J connectivity index is 1.33. The Bertz CT molecular complexity index is 1250. The SMILES string of the molecule is O=C(Nc1cc(C2CCCCN2C(=O)c2ncn(-c3ccccc3)n2)[nH]n1)c1ccccc1. The molecule has 0 bridgehead atoms. The van der Waals surface area contributed by atoms with Crippen LogP contribution in [0.3, 0.4) is 0 Å².